The molecule has 1 nitrogen and oxygen atoms in total. The number of aliphatic hydroxyl groups is 1. The predicted molar refractivity (Wildman–Crippen MR) is 70.2 cm³/mol. The van der Waals surface area contributed by atoms with E-state index in [0.717, 1.165) is 38.5 Å². The first-order valence-electron chi connectivity index (χ1n) is 6.42. The fourth-order valence-electron chi connectivity index (χ4n) is 2.70. The molecule has 0 aliphatic heterocycles. The number of rotatable bonds is 2. The molecule has 1 atom stereocenters. The van der Waals surface area contributed by atoms with Crippen molar-refractivity contribution in [1.82, 2.24) is 0 Å². The lowest BCUT2D eigenvalue weighted by molar-refractivity contribution is 0.0914. The fraction of sp³-hybridized carbons (Fsp3) is 0.571. The highest BCUT2D eigenvalue weighted by Crippen LogP contribution is 2.36. The average Bonchev–Trinajstić information content (AvgIpc) is 2.55. The molecule has 1 N–H and O–H groups in total. The SMILES string of the molecule is OC(c1c(F)cc(Br)cc1F)C1CCCCCC1. The van der Waals surface area contributed by atoms with E-state index in [4.69, 9.17) is 0 Å². The molecule has 1 aliphatic carbocycles. The third kappa shape index (κ3) is 3.09. The highest BCUT2D eigenvalue weighted by atomic mass is 79.9. The van der Waals surface area contributed by atoms with Crippen LogP contribution in [0.1, 0.15) is 50.2 Å². The number of benzene rings is 1. The maximum atomic E-state index is 13.8. The summed E-state index contributed by atoms with van der Waals surface area (Å²) in [5.74, 6) is -1.37. The van der Waals surface area contributed by atoms with E-state index < -0.39 is 17.7 Å². The monoisotopic (exact) mass is 318 g/mol. The molecule has 18 heavy (non-hydrogen) atoms. The van der Waals surface area contributed by atoms with Gasteiger partial charge in [0.1, 0.15) is 11.6 Å². The molecule has 0 bridgehead atoms. The second-order valence-electron chi connectivity index (χ2n) is 4.98. The summed E-state index contributed by atoms with van der Waals surface area (Å²) in [6, 6.07) is 2.41. The van der Waals surface area contributed by atoms with Crippen LogP contribution >= 0.6 is 15.9 Å². The standard InChI is InChI=1S/C14H17BrF2O/c15-10-7-11(16)13(12(17)8-10)14(18)9-5-3-1-2-4-6-9/h7-9,14,18H,1-6H2. The van der Waals surface area contributed by atoms with Crippen molar-refractivity contribution >= 4 is 15.9 Å². The third-order valence-electron chi connectivity index (χ3n) is 3.69. The minimum atomic E-state index is -1.03. The van der Waals surface area contributed by atoms with Gasteiger partial charge in [0.05, 0.1) is 11.7 Å². The maximum Gasteiger partial charge on any atom is 0.133 e. The zero-order valence-corrected chi connectivity index (χ0v) is 11.7. The van der Waals surface area contributed by atoms with E-state index in [1.165, 1.54) is 12.1 Å². The first-order valence-corrected chi connectivity index (χ1v) is 7.21. The molecule has 1 aromatic rings. The Morgan fingerprint density at radius 1 is 1.06 bits per heavy atom. The molecule has 0 aromatic heterocycles. The van der Waals surface area contributed by atoms with Crippen molar-refractivity contribution in [3.05, 3.63) is 33.8 Å². The van der Waals surface area contributed by atoms with Crippen LogP contribution in [-0.2, 0) is 0 Å². The fourth-order valence-corrected chi connectivity index (χ4v) is 3.10. The largest absolute Gasteiger partial charge is 0.388 e. The summed E-state index contributed by atoms with van der Waals surface area (Å²) >= 11 is 3.04. The molecule has 1 saturated carbocycles. The first-order chi connectivity index (χ1) is 8.59. The minimum Gasteiger partial charge on any atom is -0.388 e. The topological polar surface area (TPSA) is 20.2 Å². The Morgan fingerprint density at radius 3 is 2.06 bits per heavy atom. The van der Waals surface area contributed by atoms with E-state index >= 15 is 0 Å². The Bertz CT molecular complexity index is 391. The van der Waals surface area contributed by atoms with Crippen LogP contribution in [0, 0.1) is 17.6 Å². The smallest absolute Gasteiger partial charge is 0.133 e. The summed E-state index contributed by atoms with van der Waals surface area (Å²) in [6.45, 7) is 0. The second-order valence-corrected chi connectivity index (χ2v) is 5.90. The summed E-state index contributed by atoms with van der Waals surface area (Å²) in [5.41, 5.74) is -0.176. The quantitative estimate of drug-likeness (QED) is 0.781. The van der Waals surface area contributed by atoms with Gasteiger partial charge in [-0.15, -0.1) is 0 Å². The molecule has 0 radical (unpaired) electrons. The summed E-state index contributed by atoms with van der Waals surface area (Å²) in [7, 11) is 0. The minimum absolute atomic E-state index is 0.0299. The zero-order chi connectivity index (χ0) is 13.1. The molecule has 0 spiro atoms. The van der Waals surface area contributed by atoms with Crippen molar-refractivity contribution in [2.75, 3.05) is 0 Å². The normalized spacial score (nSPS) is 19.6. The van der Waals surface area contributed by atoms with E-state index in [-0.39, 0.29) is 11.5 Å². The van der Waals surface area contributed by atoms with Crippen molar-refractivity contribution in [3.8, 4) is 0 Å². The van der Waals surface area contributed by atoms with Gasteiger partial charge in [-0.1, -0.05) is 41.6 Å². The summed E-state index contributed by atoms with van der Waals surface area (Å²) in [4.78, 5) is 0. The van der Waals surface area contributed by atoms with Crippen LogP contribution in [0.2, 0.25) is 0 Å². The van der Waals surface area contributed by atoms with Gasteiger partial charge in [-0.25, -0.2) is 8.78 Å². The van der Waals surface area contributed by atoms with E-state index in [0.29, 0.717) is 4.47 Å². The third-order valence-corrected chi connectivity index (χ3v) is 4.14. The Labute approximate surface area is 114 Å². The molecule has 0 heterocycles. The Hall–Kier alpha value is -0.480. The van der Waals surface area contributed by atoms with Gasteiger partial charge in [0.25, 0.3) is 0 Å². The second kappa shape index (κ2) is 6.11. The number of hydrogen-bond donors (Lipinski definition) is 1. The molecule has 0 amide bonds. The first kappa shape index (κ1) is 13.9. The Balaban J connectivity index is 2.24. The molecule has 1 unspecified atom stereocenters. The molecule has 4 heteroatoms. The Morgan fingerprint density at radius 2 is 1.56 bits per heavy atom. The predicted octanol–water partition coefficient (Wildman–Crippen LogP) is 4.73. The van der Waals surface area contributed by atoms with Gasteiger partial charge < -0.3 is 5.11 Å². The molecule has 100 valence electrons. The lowest BCUT2D eigenvalue weighted by Crippen LogP contribution is -2.15. The van der Waals surface area contributed by atoms with Crippen molar-refractivity contribution in [1.29, 1.82) is 0 Å². The van der Waals surface area contributed by atoms with Crippen molar-refractivity contribution in [2.45, 2.75) is 44.6 Å². The number of halogens is 3. The number of hydrogen-bond acceptors (Lipinski definition) is 1. The number of aliphatic hydroxyl groups excluding tert-OH is 1. The lowest BCUT2D eigenvalue weighted by atomic mass is 9.89. The molecule has 0 saturated heterocycles. The van der Waals surface area contributed by atoms with Crippen LogP contribution in [0.25, 0.3) is 0 Å². The van der Waals surface area contributed by atoms with Gasteiger partial charge in [-0.2, -0.15) is 0 Å². The molecule has 2 rings (SSSR count). The van der Waals surface area contributed by atoms with Gasteiger partial charge in [-0.05, 0) is 30.9 Å². The van der Waals surface area contributed by atoms with Crippen LogP contribution < -0.4 is 0 Å². The van der Waals surface area contributed by atoms with Gasteiger partial charge in [-0.3, -0.25) is 0 Å². The van der Waals surface area contributed by atoms with E-state index in [1.807, 2.05) is 0 Å². The molecule has 1 fully saturated rings. The maximum absolute atomic E-state index is 13.8. The van der Waals surface area contributed by atoms with Crippen LogP contribution in [0.4, 0.5) is 8.78 Å². The molecular weight excluding hydrogens is 302 g/mol. The van der Waals surface area contributed by atoms with Crippen LogP contribution in [0.5, 0.6) is 0 Å². The van der Waals surface area contributed by atoms with E-state index in [2.05, 4.69) is 15.9 Å². The zero-order valence-electron chi connectivity index (χ0n) is 10.1. The molecular formula is C14H17BrF2O. The highest BCUT2D eigenvalue weighted by Gasteiger charge is 2.27. The van der Waals surface area contributed by atoms with Crippen LogP contribution in [-0.4, -0.2) is 5.11 Å². The van der Waals surface area contributed by atoms with Gasteiger partial charge >= 0.3 is 0 Å². The van der Waals surface area contributed by atoms with Crippen molar-refractivity contribution in [2.24, 2.45) is 5.92 Å². The molecule has 1 aromatic carbocycles. The lowest BCUT2D eigenvalue weighted by Gasteiger charge is -2.22. The van der Waals surface area contributed by atoms with Crippen LogP contribution in [0.3, 0.4) is 0 Å². The van der Waals surface area contributed by atoms with Gasteiger partial charge in [0.2, 0.25) is 0 Å². The summed E-state index contributed by atoms with van der Waals surface area (Å²) in [6.07, 6.45) is 5.01. The summed E-state index contributed by atoms with van der Waals surface area (Å²) < 4.78 is 27.9. The average molecular weight is 319 g/mol. The van der Waals surface area contributed by atoms with E-state index in [9.17, 15) is 13.9 Å². The van der Waals surface area contributed by atoms with Gasteiger partial charge in [0.15, 0.2) is 0 Å². The van der Waals surface area contributed by atoms with Crippen LogP contribution in [0.15, 0.2) is 16.6 Å². The van der Waals surface area contributed by atoms with Crippen molar-refractivity contribution in [3.63, 3.8) is 0 Å². The molecule has 1 aliphatic rings. The summed E-state index contributed by atoms with van der Waals surface area (Å²) in [5, 5.41) is 10.2. The Kier molecular flexibility index (Phi) is 4.73. The van der Waals surface area contributed by atoms with E-state index in [1.54, 1.807) is 0 Å². The van der Waals surface area contributed by atoms with Crippen molar-refractivity contribution < 1.29 is 13.9 Å². The highest BCUT2D eigenvalue weighted by molar-refractivity contribution is 9.10. The van der Waals surface area contributed by atoms with Gasteiger partial charge in [0, 0.05) is 4.47 Å².